The molecular formula is C14H17N3O4. The second-order valence-corrected chi connectivity index (χ2v) is 3.97. The number of ether oxygens (including phenoxy) is 3. The van der Waals surface area contributed by atoms with Crippen LogP contribution in [0.5, 0.6) is 23.5 Å². The number of hydrogen-bond acceptors (Lipinski definition) is 7. The van der Waals surface area contributed by atoms with Gasteiger partial charge in [-0.05, 0) is 32.0 Å². The minimum Gasteiger partial charge on any atom is -0.490 e. The number of methoxy groups -OCH3 is 1. The lowest BCUT2D eigenvalue weighted by molar-refractivity contribution is 0.288. The molecule has 0 radical (unpaired) electrons. The van der Waals surface area contributed by atoms with Gasteiger partial charge in [-0.25, -0.2) is 0 Å². The lowest BCUT2D eigenvalue weighted by atomic mass is 10.2. The normalized spacial score (nSPS) is 10.2. The van der Waals surface area contributed by atoms with Crippen LogP contribution in [-0.2, 0) is 0 Å². The van der Waals surface area contributed by atoms with E-state index in [1.54, 1.807) is 18.2 Å². The van der Waals surface area contributed by atoms with Crippen LogP contribution in [0.15, 0.2) is 18.2 Å². The molecule has 0 saturated carbocycles. The Morgan fingerprint density at radius 1 is 1.00 bits per heavy atom. The predicted octanol–water partition coefficient (Wildman–Crippen LogP) is 2.05. The Hall–Kier alpha value is -2.57. The Kier molecular flexibility index (Phi) is 4.76. The number of hydrogen-bond donors (Lipinski definition) is 1. The topological polar surface area (TPSA) is 86.6 Å². The van der Waals surface area contributed by atoms with Crippen molar-refractivity contribution in [1.82, 2.24) is 15.0 Å². The van der Waals surface area contributed by atoms with Crippen LogP contribution in [0.4, 0.5) is 0 Å². The predicted molar refractivity (Wildman–Crippen MR) is 75.8 cm³/mol. The Morgan fingerprint density at radius 2 is 1.71 bits per heavy atom. The average Bonchev–Trinajstić information content (AvgIpc) is 2.48. The zero-order valence-electron chi connectivity index (χ0n) is 12.2. The van der Waals surface area contributed by atoms with Gasteiger partial charge in [0.1, 0.15) is 0 Å². The highest BCUT2D eigenvalue weighted by atomic mass is 16.5. The fourth-order valence-corrected chi connectivity index (χ4v) is 1.76. The molecule has 0 unspecified atom stereocenters. The maximum Gasteiger partial charge on any atom is 0.322 e. The Balaban J connectivity index is 2.44. The van der Waals surface area contributed by atoms with Gasteiger partial charge < -0.3 is 19.3 Å². The summed E-state index contributed by atoms with van der Waals surface area (Å²) in [6.45, 7) is 4.84. The maximum absolute atomic E-state index is 9.50. The van der Waals surface area contributed by atoms with Gasteiger partial charge in [-0.1, -0.05) is 0 Å². The van der Waals surface area contributed by atoms with Crippen LogP contribution in [-0.4, -0.2) is 40.4 Å². The summed E-state index contributed by atoms with van der Waals surface area (Å²) < 4.78 is 16.0. The molecule has 7 heteroatoms. The van der Waals surface area contributed by atoms with E-state index in [9.17, 15) is 5.11 Å². The van der Waals surface area contributed by atoms with Crippen LogP contribution in [0.2, 0.25) is 0 Å². The summed E-state index contributed by atoms with van der Waals surface area (Å²) in [5.41, 5.74) is 0.665. The summed E-state index contributed by atoms with van der Waals surface area (Å²) >= 11 is 0. The minimum absolute atomic E-state index is 0.0457. The summed E-state index contributed by atoms with van der Waals surface area (Å²) in [5, 5.41) is 9.50. The van der Waals surface area contributed by atoms with Crippen LogP contribution in [0.3, 0.4) is 0 Å². The highest BCUT2D eigenvalue weighted by molar-refractivity contribution is 5.61. The molecule has 1 heterocycles. The Labute approximate surface area is 122 Å². The van der Waals surface area contributed by atoms with Gasteiger partial charge in [0.25, 0.3) is 0 Å². The molecule has 0 amide bonds. The lowest BCUT2D eigenvalue weighted by Crippen LogP contribution is -2.00. The molecule has 2 rings (SSSR count). The Morgan fingerprint density at radius 3 is 2.38 bits per heavy atom. The van der Waals surface area contributed by atoms with Gasteiger partial charge in [-0.2, -0.15) is 9.97 Å². The van der Waals surface area contributed by atoms with Crippen molar-refractivity contribution in [3.63, 3.8) is 0 Å². The van der Waals surface area contributed by atoms with Crippen LogP contribution in [0.25, 0.3) is 11.4 Å². The summed E-state index contributed by atoms with van der Waals surface area (Å²) in [6, 6.07) is 4.95. The first-order valence-corrected chi connectivity index (χ1v) is 6.57. The van der Waals surface area contributed by atoms with Crippen molar-refractivity contribution >= 4 is 0 Å². The first-order chi connectivity index (χ1) is 10.2. The molecule has 7 nitrogen and oxygen atoms in total. The van der Waals surface area contributed by atoms with Crippen LogP contribution >= 0.6 is 0 Å². The van der Waals surface area contributed by atoms with Gasteiger partial charge in [-0.15, -0.1) is 4.98 Å². The number of aromatic hydroxyl groups is 1. The van der Waals surface area contributed by atoms with Crippen LogP contribution in [0, 0.1) is 0 Å². The number of nitrogens with zero attached hydrogens (tertiary/aromatic N) is 3. The van der Waals surface area contributed by atoms with Crippen molar-refractivity contribution < 1.29 is 19.3 Å². The van der Waals surface area contributed by atoms with Crippen molar-refractivity contribution in [2.45, 2.75) is 13.8 Å². The third-order valence-electron chi connectivity index (χ3n) is 2.59. The highest BCUT2D eigenvalue weighted by Crippen LogP contribution is 2.32. The second-order valence-electron chi connectivity index (χ2n) is 3.97. The largest absolute Gasteiger partial charge is 0.490 e. The molecular weight excluding hydrogens is 274 g/mol. The third kappa shape index (κ3) is 3.50. The third-order valence-corrected chi connectivity index (χ3v) is 2.59. The van der Waals surface area contributed by atoms with E-state index in [1.165, 1.54) is 7.11 Å². The molecule has 2 aromatic rings. The van der Waals surface area contributed by atoms with Crippen molar-refractivity contribution in [1.29, 1.82) is 0 Å². The molecule has 0 fully saturated rings. The molecule has 1 aromatic carbocycles. The Bertz CT molecular complexity index is 619. The van der Waals surface area contributed by atoms with E-state index >= 15 is 0 Å². The SMILES string of the molecule is CCOc1ccc(-c2nc(O)nc(OC)n2)cc1OCC. The van der Waals surface area contributed by atoms with E-state index in [0.717, 1.165) is 0 Å². The van der Waals surface area contributed by atoms with E-state index in [4.69, 9.17) is 14.2 Å². The van der Waals surface area contributed by atoms with E-state index in [1.807, 2.05) is 13.8 Å². The molecule has 1 N–H and O–H groups in total. The van der Waals surface area contributed by atoms with Gasteiger partial charge in [0, 0.05) is 5.56 Å². The van der Waals surface area contributed by atoms with Gasteiger partial charge in [0.2, 0.25) is 0 Å². The van der Waals surface area contributed by atoms with Crippen molar-refractivity contribution in [2.75, 3.05) is 20.3 Å². The maximum atomic E-state index is 9.50. The van der Waals surface area contributed by atoms with Gasteiger partial charge in [0.05, 0.1) is 20.3 Å². The van der Waals surface area contributed by atoms with Gasteiger partial charge >= 0.3 is 12.0 Å². The molecule has 0 aliphatic rings. The number of benzene rings is 1. The van der Waals surface area contributed by atoms with E-state index in [0.29, 0.717) is 36.1 Å². The molecule has 112 valence electrons. The van der Waals surface area contributed by atoms with Crippen molar-refractivity contribution in [2.24, 2.45) is 0 Å². The van der Waals surface area contributed by atoms with Gasteiger partial charge in [0.15, 0.2) is 17.3 Å². The summed E-state index contributed by atoms with van der Waals surface area (Å²) in [5.74, 6) is 1.53. The molecule has 0 atom stereocenters. The molecule has 0 saturated heterocycles. The van der Waals surface area contributed by atoms with E-state index in [-0.39, 0.29) is 6.01 Å². The van der Waals surface area contributed by atoms with Crippen molar-refractivity contribution in [3.05, 3.63) is 18.2 Å². The first-order valence-electron chi connectivity index (χ1n) is 6.57. The first kappa shape index (κ1) is 14.8. The summed E-state index contributed by atoms with van der Waals surface area (Å²) in [6.07, 6.45) is 0. The monoisotopic (exact) mass is 291 g/mol. The molecule has 0 spiro atoms. The average molecular weight is 291 g/mol. The van der Waals surface area contributed by atoms with E-state index in [2.05, 4.69) is 15.0 Å². The van der Waals surface area contributed by atoms with Crippen molar-refractivity contribution in [3.8, 4) is 34.9 Å². The molecule has 0 aliphatic carbocycles. The lowest BCUT2D eigenvalue weighted by Gasteiger charge is -2.12. The fourth-order valence-electron chi connectivity index (χ4n) is 1.76. The number of rotatable bonds is 6. The zero-order valence-corrected chi connectivity index (χ0v) is 12.2. The second kappa shape index (κ2) is 6.74. The standard InChI is InChI=1S/C14H17N3O4/c1-4-20-10-7-6-9(8-11(10)21-5-2)12-15-13(18)17-14(16-12)19-3/h6-8H,4-5H2,1-3H3,(H,15,16,17,18). The highest BCUT2D eigenvalue weighted by Gasteiger charge is 2.12. The molecule has 21 heavy (non-hydrogen) atoms. The molecule has 0 bridgehead atoms. The summed E-state index contributed by atoms with van der Waals surface area (Å²) in [4.78, 5) is 11.6. The minimum atomic E-state index is -0.399. The van der Waals surface area contributed by atoms with Gasteiger partial charge in [-0.3, -0.25) is 0 Å². The van der Waals surface area contributed by atoms with Crippen LogP contribution in [0.1, 0.15) is 13.8 Å². The number of aromatic nitrogens is 3. The smallest absolute Gasteiger partial charge is 0.322 e. The summed E-state index contributed by atoms with van der Waals surface area (Å²) in [7, 11) is 1.42. The fraction of sp³-hybridized carbons (Fsp3) is 0.357. The molecule has 0 aliphatic heterocycles. The van der Waals surface area contributed by atoms with E-state index < -0.39 is 6.01 Å². The quantitative estimate of drug-likeness (QED) is 0.871. The zero-order chi connectivity index (χ0) is 15.2. The van der Waals surface area contributed by atoms with Crippen LogP contribution < -0.4 is 14.2 Å². The molecule has 1 aromatic heterocycles.